The third-order valence-electron chi connectivity index (χ3n) is 3.02. The van der Waals surface area contributed by atoms with Crippen LogP contribution in [-0.2, 0) is 11.2 Å². The van der Waals surface area contributed by atoms with Crippen LogP contribution in [0.1, 0.15) is 24.5 Å². The maximum Gasteiger partial charge on any atom is 0.0587 e. The fraction of sp³-hybridized carbons (Fsp3) is 0.600. The Bertz CT molecular complexity index is 294. The molecule has 0 saturated carbocycles. The van der Waals surface area contributed by atoms with Crippen LogP contribution in [0.2, 0.25) is 0 Å². The molecule has 1 atom stereocenters. The van der Waals surface area contributed by atoms with E-state index in [-0.39, 0.29) is 0 Å². The number of nitrogens with one attached hydrogen (secondary N) is 1. The fourth-order valence-corrected chi connectivity index (χ4v) is 1.79. The van der Waals surface area contributed by atoms with Gasteiger partial charge in [0.05, 0.1) is 6.61 Å². The highest BCUT2D eigenvalue weighted by Crippen LogP contribution is 2.10. The number of methoxy groups -OCH3 is 1. The summed E-state index contributed by atoms with van der Waals surface area (Å²) in [5.74, 6) is 0.716. The van der Waals surface area contributed by atoms with Gasteiger partial charge in [0, 0.05) is 13.7 Å². The molecule has 0 saturated heterocycles. The Morgan fingerprint density at radius 3 is 2.59 bits per heavy atom. The van der Waals surface area contributed by atoms with Gasteiger partial charge in [0.15, 0.2) is 0 Å². The summed E-state index contributed by atoms with van der Waals surface area (Å²) >= 11 is 0. The normalized spacial score (nSPS) is 12.6. The number of benzene rings is 1. The highest BCUT2D eigenvalue weighted by atomic mass is 16.5. The van der Waals surface area contributed by atoms with Crippen LogP contribution in [0.3, 0.4) is 0 Å². The smallest absolute Gasteiger partial charge is 0.0587 e. The van der Waals surface area contributed by atoms with Gasteiger partial charge in [-0.2, -0.15) is 0 Å². The van der Waals surface area contributed by atoms with Crippen molar-refractivity contribution in [3.63, 3.8) is 0 Å². The van der Waals surface area contributed by atoms with Crippen molar-refractivity contribution in [2.45, 2.75) is 26.7 Å². The highest BCUT2D eigenvalue weighted by Gasteiger charge is 2.02. The molecule has 1 aromatic carbocycles. The lowest BCUT2D eigenvalue weighted by Crippen LogP contribution is -2.25. The van der Waals surface area contributed by atoms with Crippen molar-refractivity contribution in [2.75, 3.05) is 26.8 Å². The fourth-order valence-electron chi connectivity index (χ4n) is 1.79. The van der Waals surface area contributed by atoms with Gasteiger partial charge in [0.1, 0.15) is 0 Å². The number of hydrogen-bond donors (Lipinski definition) is 1. The Morgan fingerprint density at radius 1 is 1.24 bits per heavy atom. The number of hydrogen-bond acceptors (Lipinski definition) is 2. The SMILES string of the molecule is COCCNCC(C)CCc1ccc(C)cc1. The summed E-state index contributed by atoms with van der Waals surface area (Å²) in [6.45, 7) is 7.26. The zero-order valence-electron chi connectivity index (χ0n) is 11.3. The van der Waals surface area contributed by atoms with Crippen LogP contribution in [0.4, 0.5) is 0 Å². The van der Waals surface area contributed by atoms with E-state index in [4.69, 9.17) is 4.74 Å². The minimum atomic E-state index is 0.716. The van der Waals surface area contributed by atoms with Crippen molar-refractivity contribution in [3.05, 3.63) is 35.4 Å². The van der Waals surface area contributed by atoms with Gasteiger partial charge in [0.2, 0.25) is 0 Å². The van der Waals surface area contributed by atoms with Gasteiger partial charge in [-0.1, -0.05) is 36.8 Å². The number of ether oxygens (including phenoxy) is 1. The average Bonchev–Trinajstić information content (AvgIpc) is 2.34. The second-order valence-corrected chi connectivity index (χ2v) is 4.83. The molecule has 2 heteroatoms. The standard InChI is InChI=1S/C15H25NO/c1-13-4-7-15(8-5-13)9-6-14(2)12-16-10-11-17-3/h4-5,7-8,14,16H,6,9-12H2,1-3H3. The first-order valence-electron chi connectivity index (χ1n) is 6.47. The molecule has 0 radical (unpaired) electrons. The van der Waals surface area contributed by atoms with Crippen molar-refractivity contribution >= 4 is 0 Å². The molecule has 0 aliphatic heterocycles. The summed E-state index contributed by atoms with van der Waals surface area (Å²) in [5, 5.41) is 3.41. The minimum Gasteiger partial charge on any atom is -0.383 e. The van der Waals surface area contributed by atoms with Crippen molar-refractivity contribution in [1.82, 2.24) is 5.32 Å². The van der Waals surface area contributed by atoms with Gasteiger partial charge < -0.3 is 10.1 Å². The van der Waals surface area contributed by atoms with Crippen molar-refractivity contribution in [3.8, 4) is 0 Å². The van der Waals surface area contributed by atoms with E-state index in [1.807, 2.05) is 0 Å². The van der Waals surface area contributed by atoms with E-state index in [9.17, 15) is 0 Å². The molecule has 0 aliphatic rings. The molecule has 0 bridgehead atoms. The minimum absolute atomic E-state index is 0.716. The van der Waals surface area contributed by atoms with Crippen LogP contribution in [-0.4, -0.2) is 26.8 Å². The molecule has 17 heavy (non-hydrogen) atoms. The molecule has 0 aromatic heterocycles. The van der Waals surface area contributed by atoms with Crippen molar-refractivity contribution in [1.29, 1.82) is 0 Å². The van der Waals surface area contributed by atoms with E-state index in [0.717, 1.165) is 19.7 Å². The third kappa shape index (κ3) is 6.44. The zero-order valence-corrected chi connectivity index (χ0v) is 11.3. The summed E-state index contributed by atoms with van der Waals surface area (Å²) < 4.78 is 5.00. The van der Waals surface area contributed by atoms with E-state index < -0.39 is 0 Å². The van der Waals surface area contributed by atoms with Crippen molar-refractivity contribution in [2.24, 2.45) is 5.92 Å². The molecule has 0 fully saturated rings. The molecule has 2 nitrogen and oxygen atoms in total. The Balaban J connectivity index is 2.14. The molecule has 1 N–H and O–H groups in total. The Morgan fingerprint density at radius 2 is 1.94 bits per heavy atom. The molecule has 0 amide bonds. The lowest BCUT2D eigenvalue weighted by Gasteiger charge is -2.12. The number of aryl methyl sites for hydroxylation is 2. The first-order chi connectivity index (χ1) is 8.22. The topological polar surface area (TPSA) is 21.3 Å². The van der Waals surface area contributed by atoms with E-state index in [2.05, 4.69) is 43.4 Å². The lowest BCUT2D eigenvalue weighted by molar-refractivity contribution is 0.198. The summed E-state index contributed by atoms with van der Waals surface area (Å²) in [5.41, 5.74) is 2.78. The average molecular weight is 235 g/mol. The molecule has 1 aromatic rings. The monoisotopic (exact) mass is 235 g/mol. The summed E-state index contributed by atoms with van der Waals surface area (Å²) in [4.78, 5) is 0. The summed E-state index contributed by atoms with van der Waals surface area (Å²) in [6, 6.07) is 8.86. The predicted octanol–water partition coefficient (Wildman–Crippen LogP) is 2.80. The van der Waals surface area contributed by atoms with E-state index in [1.54, 1.807) is 7.11 Å². The van der Waals surface area contributed by atoms with E-state index in [1.165, 1.54) is 24.0 Å². The summed E-state index contributed by atoms with van der Waals surface area (Å²) in [7, 11) is 1.74. The van der Waals surface area contributed by atoms with E-state index in [0.29, 0.717) is 5.92 Å². The first kappa shape index (κ1) is 14.2. The van der Waals surface area contributed by atoms with Crippen molar-refractivity contribution < 1.29 is 4.74 Å². The molecule has 0 aliphatic carbocycles. The Kier molecular flexibility index (Phi) is 6.90. The third-order valence-corrected chi connectivity index (χ3v) is 3.02. The first-order valence-corrected chi connectivity index (χ1v) is 6.47. The maximum atomic E-state index is 5.00. The van der Waals surface area contributed by atoms with Gasteiger partial charge in [-0.3, -0.25) is 0 Å². The van der Waals surface area contributed by atoms with Crippen LogP contribution in [0.5, 0.6) is 0 Å². The van der Waals surface area contributed by atoms with Gasteiger partial charge in [0.25, 0.3) is 0 Å². The molecular formula is C15H25NO. The molecule has 1 unspecified atom stereocenters. The molecule has 1 rings (SSSR count). The molecule has 96 valence electrons. The molecule has 0 spiro atoms. The highest BCUT2D eigenvalue weighted by molar-refractivity contribution is 5.21. The zero-order chi connectivity index (χ0) is 12.5. The van der Waals surface area contributed by atoms with Crippen LogP contribution in [0.25, 0.3) is 0 Å². The van der Waals surface area contributed by atoms with Gasteiger partial charge in [-0.15, -0.1) is 0 Å². The summed E-state index contributed by atoms with van der Waals surface area (Å²) in [6.07, 6.45) is 2.41. The Hall–Kier alpha value is -0.860. The maximum absolute atomic E-state index is 5.00. The largest absolute Gasteiger partial charge is 0.383 e. The molecular weight excluding hydrogens is 210 g/mol. The molecule has 0 heterocycles. The second-order valence-electron chi connectivity index (χ2n) is 4.83. The lowest BCUT2D eigenvalue weighted by atomic mass is 10.0. The number of rotatable bonds is 8. The van der Waals surface area contributed by atoms with Gasteiger partial charge >= 0.3 is 0 Å². The predicted molar refractivity (Wildman–Crippen MR) is 73.4 cm³/mol. The Labute approximate surface area is 105 Å². The van der Waals surface area contributed by atoms with Crippen LogP contribution in [0.15, 0.2) is 24.3 Å². The van der Waals surface area contributed by atoms with Crippen LogP contribution in [0, 0.1) is 12.8 Å². The van der Waals surface area contributed by atoms with Gasteiger partial charge in [-0.25, -0.2) is 0 Å². The quantitative estimate of drug-likeness (QED) is 0.700. The van der Waals surface area contributed by atoms with Gasteiger partial charge in [-0.05, 0) is 37.8 Å². The van der Waals surface area contributed by atoms with Crippen LogP contribution < -0.4 is 5.32 Å². The second kappa shape index (κ2) is 8.26. The van der Waals surface area contributed by atoms with E-state index >= 15 is 0 Å². The van der Waals surface area contributed by atoms with Crippen LogP contribution >= 0.6 is 0 Å².